The average Bonchev–Trinajstić information content (AvgIpc) is 2.38. The molecule has 6 heteroatoms. The number of halogens is 1. The monoisotopic (exact) mass is 292 g/mol. The lowest BCUT2D eigenvalue weighted by atomic mass is 10.0. The largest absolute Gasteiger partial charge is 0.464 e. The van der Waals surface area contributed by atoms with Crippen molar-refractivity contribution in [3.63, 3.8) is 0 Å². The smallest absolute Gasteiger partial charge is 0.322 e. The zero-order valence-electron chi connectivity index (χ0n) is 11.7. The van der Waals surface area contributed by atoms with E-state index in [2.05, 4.69) is 46.2 Å². The molecule has 5 nitrogen and oxygen atoms in total. The number of ether oxygens (including phenoxy) is 1. The molecule has 0 aliphatic carbocycles. The van der Waals surface area contributed by atoms with E-state index in [1.54, 1.807) is 0 Å². The SMILES string of the molecule is CCOc1nc(Cl)nc(Nc2cccc(C(C)C)c2)n1. The molecule has 0 fully saturated rings. The summed E-state index contributed by atoms with van der Waals surface area (Å²) in [6, 6.07) is 8.30. The van der Waals surface area contributed by atoms with Crippen LogP contribution in [0.2, 0.25) is 5.28 Å². The lowest BCUT2D eigenvalue weighted by Gasteiger charge is -2.10. The Hall–Kier alpha value is -1.88. The standard InChI is InChI=1S/C14H17ClN4O/c1-4-20-14-18-12(15)17-13(19-14)16-11-7-5-6-10(8-11)9(2)3/h5-9H,4H2,1-3H3,(H,16,17,18,19). The summed E-state index contributed by atoms with van der Waals surface area (Å²) in [4.78, 5) is 12.1. The van der Waals surface area contributed by atoms with E-state index in [9.17, 15) is 0 Å². The Labute approximate surface area is 123 Å². The first-order valence-corrected chi connectivity index (χ1v) is 6.87. The van der Waals surface area contributed by atoms with Crippen molar-refractivity contribution in [3.8, 4) is 6.01 Å². The van der Waals surface area contributed by atoms with Crippen molar-refractivity contribution in [2.75, 3.05) is 11.9 Å². The second-order valence-electron chi connectivity index (χ2n) is 4.55. The van der Waals surface area contributed by atoms with Gasteiger partial charge in [-0.05, 0) is 42.1 Å². The summed E-state index contributed by atoms with van der Waals surface area (Å²) < 4.78 is 5.24. The van der Waals surface area contributed by atoms with E-state index in [4.69, 9.17) is 16.3 Å². The highest BCUT2D eigenvalue weighted by Gasteiger charge is 2.07. The number of hydrogen-bond donors (Lipinski definition) is 1. The third kappa shape index (κ3) is 3.81. The number of benzene rings is 1. The minimum absolute atomic E-state index is 0.103. The lowest BCUT2D eigenvalue weighted by molar-refractivity contribution is 0.312. The molecule has 0 saturated carbocycles. The van der Waals surface area contributed by atoms with Gasteiger partial charge in [-0.25, -0.2) is 0 Å². The molecule has 0 bridgehead atoms. The Morgan fingerprint density at radius 2 is 2.05 bits per heavy atom. The minimum Gasteiger partial charge on any atom is -0.464 e. The van der Waals surface area contributed by atoms with Crippen LogP contribution in [-0.2, 0) is 0 Å². The van der Waals surface area contributed by atoms with Crippen LogP contribution in [0, 0.1) is 0 Å². The number of rotatable bonds is 5. The van der Waals surface area contributed by atoms with Gasteiger partial charge in [0.05, 0.1) is 6.61 Å². The zero-order valence-corrected chi connectivity index (χ0v) is 12.5. The van der Waals surface area contributed by atoms with Crippen molar-refractivity contribution in [1.29, 1.82) is 0 Å². The average molecular weight is 293 g/mol. The van der Waals surface area contributed by atoms with Crippen LogP contribution < -0.4 is 10.1 Å². The molecule has 0 atom stereocenters. The highest BCUT2D eigenvalue weighted by Crippen LogP contribution is 2.21. The van der Waals surface area contributed by atoms with E-state index in [0.717, 1.165) is 5.69 Å². The molecular weight excluding hydrogens is 276 g/mol. The first-order chi connectivity index (χ1) is 9.58. The summed E-state index contributed by atoms with van der Waals surface area (Å²) >= 11 is 5.85. The van der Waals surface area contributed by atoms with Crippen LogP contribution in [0.3, 0.4) is 0 Å². The molecule has 2 aromatic rings. The summed E-state index contributed by atoms with van der Waals surface area (Å²) in [6.45, 7) is 6.62. The van der Waals surface area contributed by atoms with E-state index in [1.165, 1.54) is 5.56 Å². The van der Waals surface area contributed by atoms with Crippen LogP contribution in [0.1, 0.15) is 32.3 Å². The van der Waals surface area contributed by atoms with E-state index in [-0.39, 0.29) is 11.3 Å². The van der Waals surface area contributed by atoms with Crippen LogP contribution in [0.25, 0.3) is 0 Å². The molecule has 0 unspecified atom stereocenters. The van der Waals surface area contributed by atoms with Crippen molar-refractivity contribution < 1.29 is 4.74 Å². The number of nitrogens with zero attached hydrogens (tertiary/aromatic N) is 3. The molecule has 1 heterocycles. The maximum Gasteiger partial charge on any atom is 0.322 e. The maximum absolute atomic E-state index is 5.85. The van der Waals surface area contributed by atoms with Gasteiger partial charge < -0.3 is 10.1 Å². The molecule has 0 aliphatic heterocycles. The zero-order chi connectivity index (χ0) is 14.5. The van der Waals surface area contributed by atoms with Gasteiger partial charge >= 0.3 is 6.01 Å². The summed E-state index contributed by atoms with van der Waals surface area (Å²) in [7, 11) is 0. The Balaban J connectivity index is 2.23. The van der Waals surface area contributed by atoms with Gasteiger partial charge in [-0.15, -0.1) is 0 Å². The number of nitrogens with one attached hydrogen (secondary N) is 1. The second kappa shape index (κ2) is 6.52. The summed E-state index contributed by atoms with van der Waals surface area (Å²) in [5, 5.41) is 3.21. The molecule has 1 N–H and O–H groups in total. The molecule has 0 aliphatic rings. The van der Waals surface area contributed by atoms with Crippen LogP contribution in [0.15, 0.2) is 24.3 Å². The van der Waals surface area contributed by atoms with Crippen LogP contribution >= 0.6 is 11.6 Å². The molecule has 0 spiro atoms. The van der Waals surface area contributed by atoms with Crippen molar-refractivity contribution in [2.24, 2.45) is 0 Å². The van der Waals surface area contributed by atoms with E-state index >= 15 is 0 Å². The molecule has 20 heavy (non-hydrogen) atoms. The van der Waals surface area contributed by atoms with Gasteiger partial charge in [0.2, 0.25) is 11.2 Å². The molecule has 0 amide bonds. The van der Waals surface area contributed by atoms with E-state index in [1.807, 2.05) is 19.1 Å². The molecule has 106 valence electrons. The van der Waals surface area contributed by atoms with Crippen molar-refractivity contribution >= 4 is 23.2 Å². The Morgan fingerprint density at radius 3 is 2.75 bits per heavy atom. The second-order valence-corrected chi connectivity index (χ2v) is 4.89. The van der Waals surface area contributed by atoms with Gasteiger partial charge in [0.15, 0.2) is 0 Å². The number of hydrogen-bond acceptors (Lipinski definition) is 5. The number of anilines is 2. The fourth-order valence-electron chi connectivity index (χ4n) is 1.69. The highest BCUT2D eigenvalue weighted by atomic mass is 35.5. The van der Waals surface area contributed by atoms with Gasteiger partial charge in [-0.3, -0.25) is 0 Å². The minimum atomic E-state index is 0.103. The van der Waals surface area contributed by atoms with Crippen LogP contribution in [0.5, 0.6) is 6.01 Å². The first kappa shape index (κ1) is 14.5. The third-order valence-electron chi connectivity index (χ3n) is 2.67. The maximum atomic E-state index is 5.85. The lowest BCUT2D eigenvalue weighted by Crippen LogP contribution is -2.04. The highest BCUT2D eigenvalue weighted by molar-refractivity contribution is 6.28. The van der Waals surface area contributed by atoms with Crippen LogP contribution in [-0.4, -0.2) is 21.6 Å². The van der Waals surface area contributed by atoms with E-state index in [0.29, 0.717) is 18.5 Å². The fraction of sp³-hybridized carbons (Fsp3) is 0.357. The van der Waals surface area contributed by atoms with Gasteiger partial charge in [-0.2, -0.15) is 15.0 Å². The topological polar surface area (TPSA) is 59.9 Å². The molecular formula is C14H17ClN4O. The Morgan fingerprint density at radius 1 is 1.25 bits per heavy atom. The predicted octanol–water partition coefficient (Wildman–Crippen LogP) is 3.79. The quantitative estimate of drug-likeness (QED) is 0.908. The van der Waals surface area contributed by atoms with Gasteiger partial charge in [0, 0.05) is 5.69 Å². The molecule has 2 rings (SSSR count). The van der Waals surface area contributed by atoms with Crippen molar-refractivity contribution in [3.05, 3.63) is 35.1 Å². The molecule has 1 aromatic carbocycles. The molecule has 1 aromatic heterocycles. The first-order valence-electron chi connectivity index (χ1n) is 6.50. The van der Waals surface area contributed by atoms with Crippen LogP contribution in [0.4, 0.5) is 11.6 Å². The third-order valence-corrected chi connectivity index (χ3v) is 2.84. The molecule has 0 radical (unpaired) electrons. The summed E-state index contributed by atoms with van der Waals surface area (Å²) in [5.74, 6) is 0.826. The van der Waals surface area contributed by atoms with Gasteiger partial charge in [-0.1, -0.05) is 26.0 Å². The fourth-order valence-corrected chi connectivity index (χ4v) is 1.84. The summed E-state index contributed by atoms with van der Waals surface area (Å²) in [6.07, 6.45) is 0. The van der Waals surface area contributed by atoms with Gasteiger partial charge in [0.1, 0.15) is 0 Å². The predicted molar refractivity (Wildman–Crippen MR) is 79.8 cm³/mol. The van der Waals surface area contributed by atoms with Crippen molar-refractivity contribution in [2.45, 2.75) is 26.7 Å². The summed E-state index contributed by atoms with van der Waals surface area (Å²) in [5.41, 5.74) is 2.14. The Kier molecular flexibility index (Phi) is 4.74. The van der Waals surface area contributed by atoms with E-state index < -0.39 is 0 Å². The normalized spacial score (nSPS) is 10.7. The van der Waals surface area contributed by atoms with Crippen molar-refractivity contribution in [1.82, 2.24) is 15.0 Å². The molecule has 0 saturated heterocycles. The number of aromatic nitrogens is 3. The van der Waals surface area contributed by atoms with Gasteiger partial charge in [0.25, 0.3) is 0 Å². The Bertz CT molecular complexity index is 589.